The van der Waals surface area contributed by atoms with E-state index in [0.717, 1.165) is 0 Å². The first-order valence-electron chi connectivity index (χ1n) is 5.55. The number of hydrogen-bond donors (Lipinski definition) is 1. The highest BCUT2D eigenvalue weighted by atomic mass is 32.2. The van der Waals surface area contributed by atoms with Crippen LogP contribution in [0.2, 0.25) is 0 Å². The summed E-state index contributed by atoms with van der Waals surface area (Å²) in [6.07, 6.45) is 0.515. The summed E-state index contributed by atoms with van der Waals surface area (Å²) in [6, 6.07) is -0.211. The van der Waals surface area contributed by atoms with E-state index in [1.54, 1.807) is 7.05 Å². The molecule has 0 aromatic carbocycles. The van der Waals surface area contributed by atoms with Crippen molar-refractivity contribution in [3.63, 3.8) is 0 Å². The number of rotatable bonds is 4. The van der Waals surface area contributed by atoms with Gasteiger partial charge in [-0.1, -0.05) is 23.1 Å². The summed E-state index contributed by atoms with van der Waals surface area (Å²) in [7, 11) is -1.33. The maximum atomic E-state index is 12.0. The highest BCUT2D eigenvalue weighted by molar-refractivity contribution is 8.01. The third kappa shape index (κ3) is 3.80. The normalized spacial score (nSPS) is 21.4. The molecule has 1 amide bonds. The molecule has 2 heterocycles. The number of aromatic nitrogens is 2. The van der Waals surface area contributed by atoms with Crippen LogP contribution in [0.5, 0.6) is 0 Å². The number of nitrogens with two attached hydrogens (primary N) is 1. The summed E-state index contributed by atoms with van der Waals surface area (Å²) in [5.41, 5.74) is 5.44. The zero-order valence-electron chi connectivity index (χ0n) is 10.3. The van der Waals surface area contributed by atoms with Crippen molar-refractivity contribution in [2.75, 3.05) is 30.0 Å². The van der Waals surface area contributed by atoms with Crippen molar-refractivity contribution in [1.82, 2.24) is 15.1 Å². The summed E-state index contributed by atoms with van der Waals surface area (Å²) in [5.74, 6) is 0.323. The van der Waals surface area contributed by atoms with E-state index in [9.17, 15) is 13.2 Å². The van der Waals surface area contributed by atoms with Gasteiger partial charge >= 0.3 is 0 Å². The lowest BCUT2D eigenvalue weighted by atomic mass is 10.2. The second-order valence-corrected chi connectivity index (χ2v) is 8.72. The number of nitrogen functional groups attached to an aromatic ring is 1. The largest absolute Gasteiger partial charge is 0.374 e. The fraction of sp³-hybridized carbons (Fsp3) is 0.667. The molecule has 19 heavy (non-hydrogen) atoms. The summed E-state index contributed by atoms with van der Waals surface area (Å²) in [4.78, 5) is 13.5. The molecule has 1 aliphatic rings. The van der Waals surface area contributed by atoms with Crippen LogP contribution in [-0.2, 0) is 14.6 Å². The predicted molar refractivity (Wildman–Crippen MR) is 74.9 cm³/mol. The van der Waals surface area contributed by atoms with E-state index in [0.29, 0.717) is 15.9 Å². The summed E-state index contributed by atoms with van der Waals surface area (Å²) >= 11 is 2.49. The van der Waals surface area contributed by atoms with Gasteiger partial charge in [-0.3, -0.25) is 4.79 Å². The maximum Gasteiger partial charge on any atom is 0.233 e. The summed E-state index contributed by atoms with van der Waals surface area (Å²) < 4.78 is 23.4. The molecule has 1 atom stereocenters. The van der Waals surface area contributed by atoms with Crippen LogP contribution >= 0.6 is 23.1 Å². The van der Waals surface area contributed by atoms with Crippen LogP contribution in [0.15, 0.2) is 4.34 Å². The van der Waals surface area contributed by atoms with Crippen molar-refractivity contribution >= 4 is 44.0 Å². The molecule has 1 aromatic rings. The Balaban J connectivity index is 1.86. The maximum absolute atomic E-state index is 12.0. The van der Waals surface area contributed by atoms with Crippen molar-refractivity contribution in [3.8, 4) is 0 Å². The van der Waals surface area contributed by atoms with Gasteiger partial charge in [0.25, 0.3) is 0 Å². The number of amides is 1. The minimum Gasteiger partial charge on any atom is -0.374 e. The van der Waals surface area contributed by atoms with E-state index in [4.69, 9.17) is 5.73 Å². The smallest absolute Gasteiger partial charge is 0.233 e. The van der Waals surface area contributed by atoms with E-state index < -0.39 is 9.84 Å². The molecule has 1 fully saturated rings. The lowest BCUT2D eigenvalue weighted by molar-refractivity contribution is -0.128. The van der Waals surface area contributed by atoms with Crippen LogP contribution in [0, 0.1) is 0 Å². The van der Waals surface area contributed by atoms with Crippen molar-refractivity contribution in [3.05, 3.63) is 0 Å². The van der Waals surface area contributed by atoms with Crippen LogP contribution in [0.4, 0.5) is 5.13 Å². The predicted octanol–water partition coefficient (Wildman–Crippen LogP) is -0.142. The lowest BCUT2D eigenvalue weighted by Crippen LogP contribution is -2.38. The number of carbonyl (C=O) groups excluding carboxylic acids is 1. The SMILES string of the molecule is CN(C(=O)CSc1nnc(N)s1)[C@H]1CCS(=O)(=O)C1. The van der Waals surface area contributed by atoms with Gasteiger partial charge in [-0.15, -0.1) is 10.2 Å². The van der Waals surface area contributed by atoms with E-state index in [1.807, 2.05) is 0 Å². The number of carbonyl (C=O) groups is 1. The first-order chi connectivity index (χ1) is 8.87. The van der Waals surface area contributed by atoms with Gasteiger partial charge in [0.1, 0.15) is 0 Å². The van der Waals surface area contributed by atoms with Crippen molar-refractivity contribution in [2.45, 2.75) is 16.8 Å². The molecule has 1 aliphatic heterocycles. The average Bonchev–Trinajstić information content (AvgIpc) is 2.91. The number of hydrogen-bond acceptors (Lipinski definition) is 8. The zero-order valence-corrected chi connectivity index (χ0v) is 12.7. The van der Waals surface area contributed by atoms with E-state index in [2.05, 4.69) is 10.2 Å². The van der Waals surface area contributed by atoms with Gasteiger partial charge < -0.3 is 10.6 Å². The molecule has 0 radical (unpaired) electrons. The third-order valence-corrected chi connectivity index (χ3v) is 6.51. The Morgan fingerprint density at radius 3 is 2.84 bits per heavy atom. The number of nitrogens with zero attached hydrogens (tertiary/aromatic N) is 3. The zero-order chi connectivity index (χ0) is 14.0. The topological polar surface area (TPSA) is 106 Å². The Bertz CT molecular complexity index is 571. The second-order valence-electron chi connectivity index (χ2n) is 4.26. The van der Waals surface area contributed by atoms with Gasteiger partial charge in [0.05, 0.1) is 17.3 Å². The minimum atomic E-state index is -2.98. The van der Waals surface area contributed by atoms with Crippen molar-refractivity contribution in [1.29, 1.82) is 0 Å². The first kappa shape index (κ1) is 14.5. The van der Waals surface area contributed by atoms with Gasteiger partial charge in [0, 0.05) is 13.1 Å². The molecule has 1 saturated heterocycles. The molecule has 0 aliphatic carbocycles. The molecule has 0 saturated carbocycles. The number of sulfone groups is 1. The Morgan fingerprint density at radius 1 is 1.58 bits per heavy atom. The van der Waals surface area contributed by atoms with Crippen LogP contribution in [0.3, 0.4) is 0 Å². The van der Waals surface area contributed by atoms with Gasteiger partial charge in [0.2, 0.25) is 11.0 Å². The third-order valence-electron chi connectivity index (χ3n) is 2.89. The van der Waals surface area contributed by atoms with E-state index in [1.165, 1.54) is 28.0 Å². The lowest BCUT2D eigenvalue weighted by Gasteiger charge is -2.22. The quantitative estimate of drug-likeness (QED) is 0.769. The highest BCUT2D eigenvalue weighted by Gasteiger charge is 2.32. The molecular weight excluding hydrogens is 308 g/mol. The molecule has 0 unspecified atom stereocenters. The summed E-state index contributed by atoms with van der Waals surface area (Å²) in [5, 5.41) is 7.83. The highest BCUT2D eigenvalue weighted by Crippen LogP contribution is 2.24. The monoisotopic (exact) mass is 322 g/mol. The van der Waals surface area contributed by atoms with Crippen LogP contribution in [0.25, 0.3) is 0 Å². The minimum absolute atomic E-state index is 0.0612. The Hall–Kier alpha value is -0.870. The molecule has 2 N–H and O–H groups in total. The molecule has 10 heteroatoms. The van der Waals surface area contributed by atoms with Crippen molar-refractivity contribution < 1.29 is 13.2 Å². The van der Waals surface area contributed by atoms with Gasteiger partial charge in [-0.05, 0) is 6.42 Å². The Morgan fingerprint density at radius 2 is 2.32 bits per heavy atom. The van der Waals surface area contributed by atoms with Gasteiger partial charge in [-0.25, -0.2) is 8.42 Å². The first-order valence-corrected chi connectivity index (χ1v) is 9.17. The molecule has 1 aromatic heterocycles. The fourth-order valence-electron chi connectivity index (χ4n) is 1.79. The Labute approximate surface area is 119 Å². The molecule has 106 valence electrons. The molecule has 7 nitrogen and oxygen atoms in total. The van der Waals surface area contributed by atoms with E-state index >= 15 is 0 Å². The van der Waals surface area contributed by atoms with Gasteiger partial charge in [0.15, 0.2) is 14.2 Å². The molecule has 0 bridgehead atoms. The number of anilines is 1. The van der Waals surface area contributed by atoms with Gasteiger partial charge in [-0.2, -0.15) is 0 Å². The Kier molecular flexibility index (Phi) is 4.31. The van der Waals surface area contributed by atoms with E-state index in [-0.39, 0.29) is 29.2 Å². The summed E-state index contributed by atoms with van der Waals surface area (Å²) in [6.45, 7) is 0. The molecule has 0 spiro atoms. The van der Waals surface area contributed by atoms with Crippen LogP contribution < -0.4 is 5.73 Å². The molecular formula is C9H14N4O3S3. The second kappa shape index (κ2) is 5.63. The molecule has 2 rings (SSSR count). The van der Waals surface area contributed by atoms with Crippen LogP contribution in [0.1, 0.15) is 6.42 Å². The van der Waals surface area contributed by atoms with Crippen molar-refractivity contribution in [2.24, 2.45) is 0 Å². The number of thioether (sulfide) groups is 1. The fourth-order valence-corrected chi connectivity index (χ4v) is 5.12. The standard InChI is InChI=1S/C9H14N4O3S3/c1-13(6-2-3-19(15,16)5-6)7(14)4-17-9-12-11-8(10)18-9/h6H,2-5H2,1H3,(H2,10,11)/t6-/m0/s1. The average molecular weight is 322 g/mol. The van der Waals surface area contributed by atoms with Crippen LogP contribution in [-0.4, -0.2) is 59.8 Å².